The van der Waals surface area contributed by atoms with Gasteiger partial charge in [0, 0.05) is 34.4 Å². The number of nitrogens with one attached hydrogen (secondary N) is 1. The quantitative estimate of drug-likeness (QED) is 0.446. The Balaban J connectivity index is 1.77. The summed E-state index contributed by atoms with van der Waals surface area (Å²) in [7, 11) is -3.96. The van der Waals surface area contributed by atoms with Crippen molar-refractivity contribution in [3.63, 3.8) is 0 Å². The first-order valence-corrected chi connectivity index (χ1v) is 11.8. The van der Waals surface area contributed by atoms with Crippen molar-refractivity contribution in [2.45, 2.75) is 31.7 Å². The normalized spacial score (nSPS) is 11.5. The van der Waals surface area contributed by atoms with Gasteiger partial charge < -0.3 is 5.73 Å². The summed E-state index contributed by atoms with van der Waals surface area (Å²) in [6.45, 7) is 5.42. The predicted octanol–water partition coefficient (Wildman–Crippen LogP) is 3.00. The summed E-state index contributed by atoms with van der Waals surface area (Å²) in [5.74, 6) is 0.161. The number of rotatable bonds is 5. The summed E-state index contributed by atoms with van der Waals surface area (Å²) in [5.41, 5.74) is 7.50. The molecule has 0 saturated carbocycles. The van der Waals surface area contributed by atoms with E-state index in [0.29, 0.717) is 27.9 Å². The number of nitrogen functional groups attached to an aromatic ring is 1. The van der Waals surface area contributed by atoms with Crippen LogP contribution in [0.1, 0.15) is 31.1 Å². The van der Waals surface area contributed by atoms with E-state index < -0.39 is 10.0 Å². The van der Waals surface area contributed by atoms with Crippen LogP contribution in [0.3, 0.4) is 0 Å². The van der Waals surface area contributed by atoms with Crippen molar-refractivity contribution >= 4 is 32.8 Å². The summed E-state index contributed by atoms with van der Waals surface area (Å²) in [5, 5.41) is 9.67. The molecule has 1 aromatic carbocycles. The van der Waals surface area contributed by atoms with Crippen LogP contribution in [0.2, 0.25) is 0 Å². The van der Waals surface area contributed by atoms with Crippen LogP contribution in [-0.2, 0) is 10.0 Å². The minimum atomic E-state index is -3.96. The number of hydrogen-bond acceptors (Lipinski definition) is 8. The number of nitriles is 1. The smallest absolute Gasteiger partial charge is 0.263 e. The number of anilines is 2. The van der Waals surface area contributed by atoms with Crippen molar-refractivity contribution in [3.8, 4) is 17.2 Å². The monoisotopic (exact) mass is 475 g/mol. The zero-order chi connectivity index (χ0) is 24.6. The molecule has 172 valence electrons. The van der Waals surface area contributed by atoms with Crippen LogP contribution in [0, 0.1) is 18.3 Å². The zero-order valence-corrected chi connectivity index (χ0v) is 19.5. The number of fused-ring (bicyclic) bond motifs is 1. The van der Waals surface area contributed by atoms with Gasteiger partial charge in [0.1, 0.15) is 11.5 Å². The molecule has 0 aliphatic carbocycles. The number of nitrogens with zero attached hydrogens (tertiary/aromatic N) is 5. The second-order valence-electron chi connectivity index (χ2n) is 7.91. The van der Waals surface area contributed by atoms with Crippen LogP contribution in [-0.4, -0.2) is 27.9 Å². The van der Waals surface area contributed by atoms with Crippen LogP contribution in [0.25, 0.3) is 22.2 Å². The second-order valence-corrected chi connectivity index (χ2v) is 9.59. The molecule has 0 bridgehead atoms. The van der Waals surface area contributed by atoms with E-state index in [4.69, 9.17) is 11.0 Å². The zero-order valence-electron chi connectivity index (χ0n) is 18.6. The highest BCUT2D eigenvalue weighted by Gasteiger charge is 2.19. The third-order valence-corrected chi connectivity index (χ3v) is 6.55. The Hall–Kier alpha value is -4.30. The molecule has 3 heterocycles. The van der Waals surface area contributed by atoms with Crippen LogP contribution >= 0.6 is 0 Å². The highest BCUT2D eigenvalue weighted by atomic mass is 32.2. The van der Waals surface area contributed by atoms with Gasteiger partial charge in [-0.3, -0.25) is 14.1 Å². The molecule has 0 aliphatic rings. The van der Waals surface area contributed by atoms with Gasteiger partial charge >= 0.3 is 0 Å². The second kappa shape index (κ2) is 8.57. The number of aryl methyl sites for hydroxylation is 1. The van der Waals surface area contributed by atoms with Gasteiger partial charge in [-0.2, -0.15) is 10.2 Å². The molecule has 10 nitrogen and oxygen atoms in total. The Labute approximate surface area is 195 Å². The Morgan fingerprint density at radius 1 is 1.12 bits per heavy atom. The fraction of sp³-hybridized carbons (Fsp3) is 0.174. The van der Waals surface area contributed by atoms with E-state index in [9.17, 15) is 13.2 Å². The molecule has 4 aromatic rings. The molecule has 0 fully saturated rings. The van der Waals surface area contributed by atoms with Gasteiger partial charge in [-0.05, 0) is 57.2 Å². The Bertz CT molecular complexity index is 1640. The maximum atomic E-state index is 13.3. The van der Waals surface area contributed by atoms with Gasteiger partial charge in [-0.1, -0.05) is 6.07 Å². The highest BCUT2D eigenvalue weighted by molar-refractivity contribution is 7.92. The van der Waals surface area contributed by atoms with Gasteiger partial charge in [-0.15, -0.1) is 0 Å². The molecular formula is C23H21N7O3S. The Morgan fingerprint density at radius 2 is 1.88 bits per heavy atom. The van der Waals surface area contributed by atoms with E-state index in [1.807, 2.05) is 19.9 Å². The standard InChI is InChI=1S/C23H21N7O3S/c1-13(2)30-21-16(12-26-23(25)28-21)10-19(22(30)31)18-7-8-20(27-14(18)3)29-34(32,33)17-6-4-5-15(9-17)11-24/h4-10,12-13H,1-3H3,(H,27,29)(H2,25,26,28). The molecule has 0 spiro atoms. The fourth-order valence-electron chi connectivity index (χ4n) is 3.64. The number of benzene rings is 1. The van der Waals surface area contributed by atoms with Crippen molar-refractivity contribution in [1.29, 1.82) is 5.26 Å². The number of pyridine rings is 2. The lowest BCUT2D eigenvalue weighted by Crippen LogP contribution is -2.25. The first-order chi connectivity index (χ1) is 16.1. The van der Waals surface area contributed by atoms with Gasteiger partial charge in [0.2, 0.25) is 5.95 Å². The molecule has 34 heavy (non-hydrogen) atoms. The molecule has 3 aromatic heterocycles. The molecule has 3 N–H and O–H groups in total. The van der Waals surface area contributed by atoms with E-state index in [0.717, 1.165) is 0 Å². The summed E-state index contributed by atoms with van der Waals surface area (Å²) < 4.78 is 29.5. The first kappa shape index (κ1) is 22.9. The Morgan fingerprint density at radius 3 is 2.56 bits per heavy atom. The van der Waals surface area contributed by atoms with E-state index in [-0.39, 0.29) is 33.8 Å². The van der Waals surface area contributed by atoms with Gasteiger partial charge in [-0.25, -0.2) is 18.4 Å². The van der Waals surface area contributed by atoms with Crippen molar-refractivity contribution in [2.24, 2.45) is 0 Å². The fourth-order valence-corrected chi connectivity index (χ4v) is 4.68. The summed E-state index contributed by atoms with van der Waals surface area (Å²) in [6, 6.07) is 12.2. The van der Waals surface area contributed by atoms with Gasteiger partial charge in [0.05, 0.1) is 16.5 Å². The molecule has 0 unspecified atom stereocenters. The lowest BCUT2D eigenvalue weighted by atomic mass is 10.0. The molecule has 0 atom stereocenters. The van der Waals surface area contributed by atoms with Crippen molar-refractivity contribution in [2.75, 3.05) is 10.5 Å². The lowest BCUT2D eigenvalue weighted by molar-refractivity contribution is 0.596. The summed E-state index contributed by atoms with van der Waals surface area (Å²) in [4.78, 5) is 25.9. The van der Waals surface area contributed by atoms with Crippen LogP contribution < -0.4 is 16.0 Å². The molecule has 11 heteroatoms. The topological polar surface area (TPSA) is 157 Å². The molecular weight excluding hydrogens is 454 g/mol. The number of sulfonamides is 1. The summed E-state index contributed by atoms with van der Waals surface area (Å²) in [6.07, 6.45) is 1.56. The van der Waals surface area contributed by atoms with E-state index >= 15 is 0 Å². The largest absolute Gasteiger partial charge is 0.368 e. The minimum Gasteiger partial charge on any atom is -0.368 e. The van der Waals surface area contributed by atoms with E-state index in [1.165, 1.54) is 30.3 Å². The van der Waals surface area contributed by atoms with Gasteiger partial charge in [0.25, 0.3) is 15.6 Å². The number of aromatic nitrogens is 4. The summed E-state index contributed by atoms with van der Waals surface area (Å²) >= 11 is 0. The number of hydrogen-bond donors (Lipinski definition) is 2. The first-order valence-electron chi connectivity index (χ1n) is 10.3. The highest BCUT2D eigenvalue weighted by Crippen LogP contribution is 2.26. The predicted molar refractivity (Wildman–Crippen MR) is 129 cm³/mol. The average molecular weight is 476 g/mol. The van der Waals surface area contributed by atoms with E-state index in [1.54, 1.807) is 29.8 Å². The van der Waals surface area contributed by atoms with Crippen LogP contribution in [0.15, 0.2) is 58.4 Å². The molecule has 0 saturated heterocycles. The third-order valence-electron chi connectivity index (χ3n) is 5.20. The molecule has 0 aliphatic heterocycles. The van der Waals surface area contributed by atoms with Crippen molar-refractivity contribution in [1.82, 2.24) is 19.5 Å². The average Bonchev–Trinajstić information content (AvgIpc) is 2.78. The van der Waals surface area contributed by atoms with Crippen LogP contribution in [0.5, 0.6) is 0 Å². The maximum absolute atomic E-state index is 13.3. The van der Waals surface area contributed by atoms with Gasteiger partial charge in [0.15, 0.2) is 0 Å². The SMILES string of the molecule is Cc1nc(NS(=O)(=O)c2cccc(C#N)c2)ccc1-c1cc2cnc(N)nc2n(C(C)C)c1=O. The number of nitrogens with two attached hydrogens (primary N) is 1. The van der Waals surface area contributed by atoms with Crippen LogP contribution in [0.4, 0.5) is 11.8 Å². The lowest BCUT2D eigenvalue weighted by Gasteiger charge is -2.16. The molecule has 4 rings (SSSR count). The molecule has 0 amide bonds. The minimum absolute atomic E-state index is 0.0521. The third kappa shape index (κ3) is 4.18. The van der Waals surface area contributed by atoms with Crippen molar-refractivity contribution in [3.05, 3.63) is 70.3 Å². The van der Waals surface area contributed by atoms with E-state index in [2.05, 4.69) is 19.7 Å². The molecule has 0 radical (unpaired) electrons. The maximum Gasteiger partial charge on any atom is 0.263 e. The van der Waals surface area contributed by atoms with Crippen molar-refractivity contribution < 1.29 is 8.42 Å². The Kier molecular flexibility index (Phi) is 5.76.